The second kappa shape index (κ2) is 11.9. The van der Waals surface area contributed by atoms with Crippen LogP contribution in [-0.2, 0) is 5.41 Å². The molecule has 0 unspecified atom stereocenters. The number of hydrogen-bond acceptors (Lipinski definition) is 0. The van der Waals surface area contributed by atoms with Crippen LogP contribution in [-0.4, -0.2) is 0 Å². The average Bonchev–Trinajstić information content (AvgIpc) is 3.16. The zero-order chi connectivity index (χ0) is 33.8. The summed E-state index contributed by atoms with van der Waals surface area (Å²) in [5.74, 6) is 0. The van der Waals surface area contributed by atoms with Crippen molar-refractivity contribution < 1.29 is 0 Å². The highest BCUT2D eigenvalue weighted by molar-refractivity contribution is 6.21. The van der Waals surface area contributed by atoms with Gasteiger partial charge in [-0.2, -0.15) is 0 Å². The maximum atomic E-state index is 2.45. The van der Waals surface area contributed by atoms with Crippen molar-refractivity contribution in [2.24, 2.45) is 0 Å². The van der Waals surface area contributed by atoms with Gasteiger partial charge in [-0.3, -0.25) is 0 Å². The molecule has 0 heteroatoms. The Hall–Kier alpha value is -5.98. The third-order valence-electron chi connectivity index (χ3n) is 10.4. The fourth-order valence-corrected chi connectivity index (χ4v) is 7.76. The Morgan fingerprint density at radius 1 is 0.300 bits per heavy atom. The molecule has 0 N–H and O–H groups in total. The van der Waals surface area contributed by atoms with Crippen LogP contribution >= 0.6 is 0 Å². The van der Waals surface area contributed by atoms with Crippen LogP contribution in [0.5, 0.6) is 0 Å². The summed E-state index contributed by atoms with van der Waals surface area (Å²) in [4.78, 5) is 0. The smallest absolute Gasteiger partial charge is 0.00263 e. The molecule has 9 rings (SSSR count). The van der Waals surface area contributed by atoms with Crippen molar-refractivity contribution in [1.29, 1.82) is 0 Å². The highest BCUT2D eigenvalue weighted by atomic mass is 14.2. The predicted molar refractivity (Wildman–Crippen MR) is 217 cm³/mol. The topological polar surface area (TPSA) is 0 Å². The number of rotatable bonds is 4. The minimum atomic E-state index is 0.0248. The van der Waals surface area contributed by atoms with Crippen molar-refractivity contribution in [2.45, 2.75) is 26.2 Å². The van der Waals surface area contributed by atoms with Crippen LogP contribution in [0.25, 0.3) is 87.6 Å². The molecule has 0 nitrogen and oxygen atoms in total. The summed E-state index contributed by atoms with van der Waals surface area (Å²) in [5, 5.41) is 10.2. The minimum absolute atomic E-state index is 0.0248. The molecule has 0 bridgehead atoms. The van der Waals surface area contributed by atoms with Crippen LogP contribution in [0.4, 0.5) is 0 Å². The molecule has 0 aliphatic carbocycles. The quantitative estimate of drug-likeness (QED) is 0.168. The van der Waals surface area contributed by atoms with Gasteiger partial charge in [0.2, 0.25) is 0 Å². The first kappa shape index (κ1) is 30.1. The van der Waals surface area contributed by atoms with Crippen molar-refractivity contribution in [3.8, 4) is 44.5 Å². The van der Waals surface area contributed by atoms with Crippen molar-refractivity contribution in [1.82, 2.24) is 0 Å². The standard InChI is InChI=1S/C50H38/c1-50(2,3)41-29-30-46-47(32-41)49(38-26-22-36(23-27-38)43-18-10-14-35-12-6-7-15-42(35)43)45-17-9-8-16-44(45)48(46)37-24-19-34(20-25-37)40-28-21-33-11-4-5-13-39(33)31-40/h4-32H,1-3H3. The fourth-order valence-electron chi connectivity index (χ4n) is 7.76. The predicted octanol–water partition coefficient (Wildman–Crippen LogP) is 14.3. The zero-order valence-corrected chi connectivity index (χ0v) is 28.7. The van der Waals surface area contributed by atoms with Gasteiger partial charge in [0.25, 0.3) is 0 Å². The molecule has 9 aromatic carbocycles. The van der Waals surface area contributed by atoms with Crippen LogP contribution in [0.1, 0.15) is 26.3 Å². The Balaban J connectivity index is 1.23. The lowest BCUT2D eigenvalue weighted by atomic mass is 9.81. The monoisotopic (exact) mass is 638 g/mol. The van der Waals surface area contributed by atoms with Gasteiger partial charge in [-0.05, 0) is 111 Å². The molecule has 0 fully saturated rings. The summed E-state index contributed by atoms with van der Waals surface area (Å²) in [6.07, 6.45) is 0. The summed E-state index contributed by atoms with van der Waals surface area (Å²) in [5.41, 5.74) is 11.4. The lowest BCUT2D eigenvalue weighted by Crippen LogP contribution is -2.10. The van der Waals surface area contributed by atoms with Gasteiger partial charge in [0.05, 0.1) is 0 Å². The molecule has 0 spiro atoms. The first-order valence-corrected chi connectivity index (χ1v) is 17.6. The number of benzene rings is 9. The normalized spacial score (nSPS) is 11.9. The van der Waals surface area contributed by atoms with Crippen LogP contribution in [0, 0.1) is 0 Å². The van der Waals surface area contributed by atoms with E-state index in [1.807, 2.05) is 0 Å². The lowest BCUT2D eigenvalue weighted by Gasteiger charge is -2.23. The molecule has 50 heavy (non-hydrogen) atoms. The molecule has 0 saturated heterocycles. The summed E-state index contributed by atoms with van der Waals surface area (Å²) < 4.78 is 0. The third kappa shape index (κ3) is 5.16. The van der Waals surface area contributed by atoms with Gasteiger partial charge in [0.1, 0.15) is 0 Å². The van der Waals surface area contributed by atoms with Gasteiger partial charge >= 0.3 is 0 Å². The Kier molecular flexibility index (Phi) is 7.14. The molecule has 238 valence electrons. The molecule has 0 aromatic heterocycles. The molecule has 0 heterocycles. The summed E-state index contributed by atoms with van der Waals surface area (Å²) in [6, 6.07) is 65.1. The van der Waals surface area contributed by atoms with Gasteiger partial charge in [0, 0.05) is 0 Å². The molecule has 0 saturated carbocycles. The van der Waals surface area contributed by atoms with Gasteiger partial charge in [-0.25, -0.2) is 0 Å². The Bertz CT molecular complexity index is 2700. The highest BCUT2D eigenvalue weighted by Gasteiger charge is 2.20. The van der Waals surface area contributed by atoms with Crippen LogP contribution in [0.15, 0.2) is 176 Å². The third-order valence-corrected chi connectivity index (χ3v) is 10.4. The van der Waals surface area contributed by atoms with E-state index in [1.54, 1.807) is 0 Å². The van der Waals surface area contributed by atoms with Crippen molar-refractivity contribution in [3.63, 3.8) is 0 Å². The highest BCUT2D eigenvalue weighted by Crippen LogP contribution is 2.45. The minimum Gasteiger partial charge on any atom is -0.0616 e. The maximum Gasteiger partial charge on any atom is -0.00263 e. The van der Waals surface area contributed by atoms with Gasteiger partial charge in [-0.15, -0.1) is 0 Å². The van der Waals surface area contributed by atoms with Crippen molar-refractivity contribution in [3.05, 3.63) is 181 Å². The fraction of sp³-hybridized carbons (Fsp3) is 0.0800. The number of fused-ring (bicyclic) bond motifs is 4. The van der Waals surface area contributed by atoms with Crippen LogP contribution in [0.3, 0.4) is 0 Å². The maximum absolute atomic E-state index is 2.45. The Morgan fingerprint density at radius 3 is 1.48 bits per heavy atom. The zero-order valence-electron chi connectivity index (χ0n) is 28.7. The molecule has 0 amide bonds. The molecular weight excluding hydrogens is 601 g/mol. The SMILES string of the molecule is CC(C)(C)c1ccc2c(-c3ccc(-c4ccc5ccccc5c4)cc3)c3ccccc3c(-c3ccc(-c4cccc5ccccc45)cc3)c2c1. The Labute approximate surface area is 294 Å². The Morgan fingerprint density at radius 2 is 0.800 bits per heavy atom. The second-order valence-corrected chi connectivity index (χ2v) is 14.5. The first-order chi connectivity index (χ1) is 24.4. The average molecular weight is 639 g/mol. The van der Waals surface area contributed by atoms with E-state index in [-0.39, 0.29) is 5.41 Å². The largest absolute Gasteiger partial charge is 0.0616 e. The van der Waals surface area contributed by atoms with Gasteiger partial charge in [-0.1, -0.05) is 185 Å². The van der Waals surface area contributed by atoms with Gasteiger partial charge < -0.3 is 0 Å². The summed E-state index contributed by atoms with van der Waals surface area (Å²) in [7, 11) is 0. The van der Waals surface area contributed by atoms with Crippen molar-refractivity contribution >= 4 is 43.1 Å². The van der Waals surface area contributed by atoms with Crippen LogP contribution in [0.2, 0.25) is 0 Å². The summed E-state index contributed by atoms with van der Waals surface area (Å²) >= 11 is 0. The van der Waals surface area contributed by atoms with E-state index in [2.05, 4.69) is 197 Å². The van der Waals surface area contributed by atoms with E-state index in [0.29, 0.717) is 0 Å². The molecule has 9 aromatic rings. The molecule has 0 atom stereocenters. The molecule has 0 aliphatic rings. The van der Waals surface area contributed by atoms with E-state index in [0.717, 1.165) is 0 Å². The number of hydrogen-bond donors (Lipinski definition) is 0. The summed E-state index contributed by atoms with van der Waals surface area (Å²) in [6.45, 7) is 6.92. The van der Waals surface area contributed by atoms with Crippen molar-refractivity contribution in [2.75, 3.05) is 0 Å². The second-order valence-electron chi connectivity index (χ2n) is 14.5. The van der Waals surface area contributed by atoms with Gasteiger partial charge in [0.15, 0.2) is 0 Å². The molecule has 0 radical (unpaired) electrons. The molecular formula is C50H38. The first-order valence-electron chi connectivity index (χ1n) is 17.6. The molecule has 0 aliphatic heterocycles. The van der Waals surface area contributed by atoms with Crippen LogP contribution < -0.4 is 0 Å². The van der Waals surface area contributed by atoms with E-state index in [9.17, 15) is 0 Å². The lowest BCUT2D eigenvalue weighted by molar-refractivity contribution is 0.591. The van der Waals surface area contributed by atoms with E-state index < -0.39 is 0 Å². The van der Waals surface area contributed by atoms with E-state index >= 15 is 0 Å². The van der Waals surface area contributed by atoms with E-state index in [1.165, 1.54) is 93.2 Å². The van der Waals surface area contributed by atoms with E-state index in [4.69, 9.17) is 0 Å².